The number of fused-ring (bicyclic) bond motifs is 1. The van der Waals surface area contributed by atoms with Gasteiger partial charge in [-0.3, -0.25) is 4.79 Å². The van der Waals surface area contributed by atoms with Gasteiger partial charge < -0.3 is 10.2 Å². The largest absolute Gasteiger partial charge is 0.450 e. The molecule has 0 aliphatic heterocycles. The van der Waals surface area contributed by atoms with E-state index in [1.165, 1.54) is 0 Å². The molecule has 0 aliphatic rings. The molecule has 1 aromatic heterocycles. The third-order valence-corrected chi connectivity index (χ3v) is 3.48. The number of hydrogen-bond donors (Lipinski definition) is 1. The Kier molecular flexibility index (Phi) is 2.83. The second-order valence-corrected chi connectivity index (χ2v) is 4.99. The highest BCUT2D eigenvalue weighted by Gasteiger charge is 2.21. The van der Waals surface area contributed by atoms with E-state index in [1.807, 2.05) is 56.3 Å². The predicted octanol–water partition coefficient (Wildman–Crippen LogP) is 3.86. The number of anilines is 1. The summed E-state index contributed by atoms with van der Waals surface area (Å²) in [6, 6.07) is 13.2. The molecule has 100 valence electrons. The van der Waals surface area contributed by atoms with Crippen LogP contribution < -0.4 is 5.73 Å². The molecule has 0 unspecified atom stereocenters. The van der Waals surface area contributed by atoms with Crippen LogP contribution in [0.4, 0.5) is 5.69 Å². The summed E-state index contributed by atoms with van der Waals surface area (Å²) in [7, 11) is 0. The van der Waals surface area contributed by atoms with Crippen LogP contribution in [0.5, 0.6) is 0 Å². The molecule has 0 saturated heterocycles. The van der Waals surface area contributed by atoms with Crippen molar-refractivity contribution in [2.24, 2.45) is 0 Å². The summed E-state index contributed by atoms with van der Waals surface area (Å²) < 4.78 is 5.64. The number of hydrogen-bond acceptors (Lipinski definition) is 3. The van der Waals surface area contributed by atoms with Gasteiger partial charge in [-0.15, -0.1) is 0 Å². The Hall–Kier alpha value is -2.55. The fourth-order valence-electron chi connectivity index (χ4n) is 2.34. The summed E-state index contributed by atoms with van der Waals surface area (Å²) in [5, 5.41) is 0.779. The van der Waals surface area contributed by atoms with Crippen molar-refractivity contribution in [2.45, 2.75) is 13.8 Å². The smallest absolute Gasteiger partial charge is 0.230 e. The summed E-state index contributed by atoms with van der Waals surface area (Å²) in [6.07, 6.45) is 0. The Labute approximate surface area is 117 Å². The Morgan fingerprint density at radius 2 is 1.85 bits per heavy atom. The van der Waals surface area contributed by atoms with Gasteiger partial charge in [-0.2, -0.15) is 0 Å². The van der Waals surface area contributed by atoms with Crippen LogP contribution in [0.3, 0.4) is 0 Å². The second-order valence-electron chi connectivity index (χ2n) is 4.99. The van der Waals surface area contributed by atoms with E-state index in [0.717, 1.165) is 16.5 Å². The SMILES string of the molecule is Cc1ccc(C)c(C(=O)c2oc3ccccc3c2N)c1. The molecule has 0 radical (unpaired) electrons. The first-order valence-corrected chi connectivity index (χ1v) is 6.47. The summed E-state index contributed by atoms with van der Waals surface area (Å²) in [5.74, 6) is 0.0554. The minimum absolute atomic E-state index is 0.167. The predicted molar refractivity (Wildman–Crippen MR) is 80.0 cm³/mol. The topological polar surface area (TPSA) is 56.2 Å². The van der Waals surface area contributed by atoms with Crippen LogP contribution in [0.25, 0.3) is 11.0 Å². The van der Waals surface area contributed by atoms with Crippen molar-refractivity contribution >= 4 is 22.4 Å². The van der Waals surface area contributed by atoms with Crippen molar-refractivity contribution in [3.63, 3.8) is 0 Å². The van der Waals surface area contributed by atoms with Crippen molar-refractivity contribution in [3.8, 4) is 0 Å². The molecule has 3 heteroatoms. The van der Waals surface area contributed by atoms with Crippen molar-refractivity contribution in [2.75, 3.05) is 5.73 Å². The molecule has 2 aromatic carbocycles. The van der Waals surface area contributed by atoms with Gasteiger partial charge in [-0.05, 0) is 37.6 Å². The highest BCUT2D eigenvalue weighted by Crippen LogP contribution is 2.30. The fourth-order valence-corrected chi connectivity index (χ4v) is 2.34. The standard InChI is InChI=1S/C17H15NO2/c1-10-7-8-11(2)13(9-10)16(19)17-15(18)12-5-3-4-6-14(12)20-17/h3-9H,18H2,1-2H3. The molecule has 20 heavy (non-hydrogen) atoms. The van der Waals surface area contributed by atoms with Gasteiger partial charge in [0.05, 0.1) is 5.69 Å². The van der Waals surface area contributed by atoms with Crippen molar-refractivity contribution in [3.05, 3.63) is 64.9 Å². The molecule has 3 aromatic rings. The molecule has 0 amide bonds. The quantitative estimate of drug-likeness (QED) is 0.716. The van der Waals surface area contributed by atoms with Crippen LogP contribution in [-0.2, 0) is 0 Å². The Morgan fingerprint density at radius 3 is 2.60 bits per heavy atom. The molecule has 0 saturated carbocycles. The van der Waals surface area contributed by atoms with Crippen molar-refractivity contribution < 1.29 is 9.21 Å². The minimum atomic E-state index is -0.167. The number of rotatable bonds is 2. The molecule has 0 spiro atoms. The van der Waals surface area contributed by atoms with Crippen LogP contribution in [0, 0.1) is 13.8 Å². The van der Waals surface area contributed by atoms with E-state index in [1.54, 1.807) is 0 Å². The first kappa shape index (κ1) is 12.5. The summed E-state index contributed by atoms with van der Waals surface area (Å²) in [5.41, 5.74) is 9.69. The number of furan rings is 1. The number of carbonyl (C=O) groups is 1. The lowest BCUT2D eigenvalue weighted by atomic mass is 10.00. The van der Waals surface area contributed by atoms with Crippen LogP contribution in [-0.4, -0.2) is 5.78 Å². The van der Waals surface area contributed by atoms with Gasteiger partial charge in [0.15, 0.2) is 5.76 Å². The van der Waals surface area contributed by atoms with Crippen LogP contribution in [0.15, 0.2) is 46.9 Å². The van der Waals surface area contributed by atoms with E-state index in [-0.39, 0.29) is 11.5 Å². The highest BCUT2D eigenvalue weighted by atomic mass is 16.3. The normalized spacial score (nSPS) is 10.9. The van der Waals surface area contributed by atoms with Gasteiger partial charge in [-0.1, -0.05) is 29.8 Å². The molecule has 3 rings (SSSR count). The number of para-hydroxylation sites is 1. The zero-order chi connectivity index (χ0) is 14.3. The minimum Gasteiger partial charge on any atom is -0.450 e. The molecule has 1 heterocycles. The lowest BCUT2D eigenvalue weighted by Gasteiger charge is -2.04. The van der Waals surface area contributed by atoms with Crippen LogP contribution in [0.2, 0.25) is 0 Å². The van der Waals surface area contributed by atoms with E-state index in [2.05, 4.69) is 0 Å². The van der Waals surface area contributed by atoms with Crippen molar-refractivity contribution in [1.82, 2.24) is 0 Å². The number of nitrogens with two attached hydrogens (primary N) is 1. The molecule has 0 fully saturated rings. The molecule has 2 N–H and O–H groups in total. The number of carbonyl (C=O) groups excluding carboxylic acids is 1. The third kappa shape index (κ3) is 1.88. The average Bonchev–Trinajstić information content (AvgIpc) is 2.79. The molecular formula is C17H15NO2. The van der Waals surface area contributed by atoms with Gasteiger partial charge in [0.25, 0.3) is 0 Å². The van der Waals surface area contributed by atoms with Crippen molar-refractivity contribution in [1.29, 1.82) is 0 Å². The lowest BCUT2D eigenvalue weighted by Crippen LogP contribution is -2.05. The number of benzene rings is 2. The van der Waals surface area contributed by atoms with Crippen LogP contribution in [0.1, 0.15) is 27.2 Å². The van der Waals surface area contributed by atoms with Gasteiger partial charge in [-0.25, -0.2) is 0 Å². The number of nitrogen functional groups attached to an aromatic ring is 1. The molecule has 3 nitrogen and oxygen atoms in total. The van der Waals surface area contributed by atoms with E-state index < -0.39 is 0 Å². The van der Waals surface area contributed by atoms with Gasteiger partial charge in [0, 0.05) is 10.9 Å². The summed E-state index contributed by atoms with van der Waals surface area (Å²) >= 11 is 0. The summed E-state index contributed by atoms with van der Waals surface area (Å²) in [6.45, 7) is 3.86. The average molecular weight is 265 g/mol. The lowest BCUT2D eigenvalue weighted by molar-refractivity contribution is 0.101. The number of ketones is 1. The van der Waals surface area contributed by atoms with Crippen LogP contribution >= 0.6 is 0 Å². The van der Waals surface area contributed by atoms with E-state index in [9.17, 15) is 4.79 Å². The Balaban J connectivity index is 2.17. The molecule has 0 atom stereocenters. The zero-order valence-electron chi connectivity index (χ0n) is 11.4. The second kappa shape index (κ2) is 4.53. The zero-order valence-corrected chi connectivity index (χ0v) is 11.4. The first-order chi connectivity index (χ1) is 9.58. The Morgan fingerprint density at radius 1 is 1.10 bits per heavy atom. The highest BCUT2D eigenvalue weighted by molar-refractivity contribution is 6.15. The van der Waals surface area contributed by atoms with E-state index >= 15 is 0 Å². The summed E-state index contributed by atoms with van der Waals surface area (Å²) in [4.78, 5) is 12.6. The van der Waals surface area contributed by atoms with E-state index in [0.29, 0.717) is 16.8 Å². The van der Waals surface area contributed by atoms with E-state index in [4.69, 9.17) is 10.2 Å². The van der Waals surface area contributed by atoms with Gasteiger partial charge in [0.2, 0.25) is 5.78 Å². The maximum Gasteiger partial charge on any atom is 0.230 e. The Bertz CT molecular complexity index is 815. The maximum atomic E-state index is 12.6. The monoisotopic (exact) mass is 265 g/mol. The van der Waals surface area contributed by atoms with Gasteiger partial charge >= 0.3 is 0 Å². The molecular weight excluding hydrogens is 250 g/mol. The molecule has 0 bridgehead atoms. The third-order valence-electron chi connectivity index (χ3n) is 3.48. The fraction of sp³-hybridized carbons (Fsp3) is 0.118. The maximum absolute atomic E-state index is 12.6. The molecule has 0 aliphatic carbocycles. The first-order valence-electron chi connectivity index (χ1n) is 6.47. The van der Waals surface area contributed by atoms with Gasteiger partial charge in [0.1, 0.15) is 5.58 Å². The number of aryl methyl sites for hydroxylation is 2.